The molecule has 106 valence electrons. The van der Waals surface area contributed by atoms with Crippen molar-refractivity contribution in [2.75, 3.05) is 13.1 Å². The number of hydrogen-bond donors (Lipinski definition) is 0. The number of carbonyl (C=O) groups excluding carboxylic acids is 1. The fourth-order valence-electron chi connectivity index (χ4n) is 2.78. The quantitative estimate of drug-likeness (QED) is 0.839. The summed E-state index contributed by atoms with van der Waals surface area (Å²) in [5, 5.41) is 4.43. The smallest absolute Gasteiger partial charge is 0.289 e. The fraction of sp³-hybridized carbons (Fsp3) is 0.500. The summed E-state index contributed by atoms with van der Waals surface area (Å²) in [6, 6.07) is 3.64. The number of hydrogen-bond acceptors (Lipinski definition) is 4. The Balaban J connectivity index is 1.77. The highest BCUT2D eigenvalue weighted by Crippen LogP contribution is 2.23. The maximum Gasteiger partial charge on any atom is 0.289 e. The molecule has 0 aromatic carbocycles. The third-order valence-corrected chi connectivity index (χ3v) is 3.67. The molecule has 1 unspecified atom stereocenters. The van der Waals surface area contributed by atoms with Crippen LogP contribution in [0, 0.1) is 13.8 Å². The molecule has 0 spiro atoms. The molecule has 1 amide bonds. The van der Waals surface area contributed by atoms with E-state index in [9.17, 15) is 4.79 Å². The van der Waals surface area contributed by atoms with E-state index in [0.29, 0.717) is 12.3 Å². The van der Waals surface area contributed by atoms with Gasteiger partial charge < -0.3 is 9.32 Å². The van der Waals surface area contributed by atoms with Crippen LogP contribution in [0.1, 0.15) is 41.1 Å². The highest BCUT2D eigenvalue weighted by Gasteiger charge is 2.28. The topological polar surface area (TPSA) is 64.2 Å². The summed E-state index contributed by atoms with van der Waals surface area (Å²) in [6.07, 6.45) is 3.51. The first kappa shape index (κ1) is 12.9. The van der Waals surface area contributed by atoms with Crippen LogP contribution in [0.15, 0.2) is 22.8 Å². The SMILES string of the molecule is Cc1nc(C)n(C2CCCN(C(=O)c3ccco3)C2)n1. The molecule has 20 heavy (non-hydrogen) atoms. The highest BCUT2D eigenvalue weighted by molar-refractivity contribution is 5.91. The van der Waals surface area contributed by atoms with Crippen molar-refractivity contribution in [1.29, 1.82) is 0 Å². The van der Waals surface area contributed by atoms with Crippen LogP contribution >= 0.6 is 0 Å². The van der Waals surface area contributed by atoms with Gasteiger partial charge in [0.2, 0.25) is 0 Å². The lowest BCUT2D eigenvalue weighted by molar-refractivity contribution is 0.0639. The third kappa shape index (κ3) is 2.33. The first-order valence-electron chi connectivity index (χ1n) is 6.87. The second-order valence-electron chi connectivity index (χ2n) is 5.18. The molecule has 0 N–H and O–H groups in total. The first-order valence-corrected chi connectivity index (χ1v) is 6.87. The lowest BCUT2D eigenvalue weighted by Crippen LogP contribution is -2.41. The van der Waals surface area contributed by atoms with Gasteiger partial charge >= 0.3 is 0 Å². The normalized spacial score (nSPS) is 19.3. The predicted molar refractivity (Wildman–Crippen MR) is 72.4 cm³/mol. The minimum absolute atomic E-state index is 0.0470. The molecule has 3 rings (SSSR count). The Hall–Kier alpha value is -2.11. The number of rotatable bonds is 2. The predicted octanol–water partition coefficient (Wildman–Crippen LogP) is 1.97. The molecular weight excluding hydrogens is 256 g/mol. The zero-order chi connectivity index (χ0) is 14.1. The van der Waals surface area contributed by atoms with Crippen molar-refractivity contribution in [3.05, 3.63) is 35.8 Å². The number of nitrogens with zero attached hydrogens (tertiary/aromatic N) is 4. The highest BCUT2D eigenvalue weighted by atomic mass is 16.3. The number of carbonyl (C=O) groups is 1. The minimum Gasteiger partial charge on any atom is -0.459 e. The maximum absolute atomic E-state index is 12.3. The number of aryl methyl sites for hydroxylation is 2. The van der Waals surface area contributed by atoms with Crippen LogP contribution in [-0.4, -0.2) is 38.7 Å². The fourth-order valence-corrected chi connectivity index (χ4v) is 2.78. The van der Waals surface area contributed by atoms with E-state index in [1.807, 2.05) is 23.4 Å². The summed E-state index contributed by atoms with van der Waals surface area (Å²) >= 11 is 0. The molecule has 0 saturated carbocycles. The zero-order valence-electron chi connectivity index (χ0n) is 11.7. The minimum atomic E-state index is -0.0470. The van der Waals surface area contributed by atoms with Crippen LogP contribution in [0.3, 0.4) is 0 Å². The molecule has 0 bridgehead atoms. The van der Waals surface area contributed by atoms with E-state index in [4.69, 9.17) is 4.42 Å². The molecule has 1 aliphatic rings. The van der Waals surface area contributed by atoms with Gasteiger partial charge in [-0.1, -0.05) is 0 Å². The molecule has 2 aromatic heterocycles. The van der Waals surface area contributed by atoms with Gasteiger partial charge in [0.05, 0.1) is 12.3 Å². The van der Waals surface area contributed by atoms with Crippen molar-refractivity contribution in [3.63, 3.8) is 0 Å². The van der Waals surface area contributed by atoms with Gasteiger partial charge in [-0.2, -0.15) is 5.10 Å². The van der Waals surface area contributed by atoms with Crippen LogP contribution in [0.5, 0.6) is 0 Å². The average molecular weight is 274 g/mol. The van der Waals surface area contributed by atoms with E-state index < -0.39 is 0 Å². The van der Waals surface area contributed by atoms with E-state index in [-0.39, 0.29) is 11.9 Å². The van der Waals surface area contributed by atoms with E-state index in [0.717, 1.165) is 31.0 Å². The van der Waals surface area contributed by atoms with Gasteiger partial charge in [-0.05, 0) is 38.8 Å². The molecule has 1 atom stereocenters. The van der Waals surface area contributed by atoms with Crippen LogP contribution in [-0.2, 0) is 0 Å². The molecule has 6 heteroatoms. The van der Waals surface area contributed by atoms with Gasteiger partial charge in [-0.25, -0.2) is 9.67 Å². The number of amides is 1. The summed E-state index contributed by atoms with van der Waals surface area (Å²) in [7, 11) is 0. The lowest BCUT2D eigenvalue weighted by Gasteiger charge is -2.32. The molecule has 0 radical (unpaired) electrons. The van der Waals surface area contributed by atoms with Gasteiger partial charge in [-0.3, -0.25) is 4.79 Å². The van der Waals surface area contributed by atoms with Crippen molar-refractivity contribution < 1.29 is 9.21 Å². The Labute approximate surface area is 117 Å². The van der Waals surface area contributed by atoms with Crippen molar-refractivity contribution in [3.8, 4) is 0 Å². The van der Waals surface area contributed by atoms with Crippen LogP contribution < -0.4 is 0 Å². The zero-order valence-corrected chi connectivity index (χ0v) is 11.7. The van der Waals surface area contributed by atoms with Crippen molar-refractivity contribution in [2.24, 2.45) is 0 Å². The van der Waals surface area contributed by atoms with Crippen molar-refractivity contribution in [1.82, 2.24) is 19.7 Å². The van der Waals surface area contributed by atoms with Gasteiger partial charge in [0.1, 0.15) is 11.6 Å². The van der Waals surface area contributed by atoms with Crippen molar-refractivity contribution >= 4 is 5.91 Å². The monoisotopic (exact) mass is 274 g/mol. The molecular formula is C14H18N4O2. The average Bonchev–Trinajstić information content (AvgIpc) is 3.08. The van der Waals surface area contributed by atoms with E-state index in [2.05, 4.69) is 10.1 Å². The van der Waals surface area contributed by atoms with E-state index >= 15 is 0 Å². The second-order valence-corrected chi connectivity index (χ2v) is 5.18. The Bertz CT molecular complexity index is 603. The molecule has 0 aliphatic carbocycles. The maximum atomic E-state index is 12.3. The Kier molecular flexibility index (Phi) is 3.30. The summed E-state index contributed by atoms with van der Waals surface area (Å²) in [6.45, 7) is 5.26. The standard InChI is InChI=1S/C14H18N4O2/c1-10-15-11(2)18(16-10)12-5-3-7-17(9-12)14(19)13-6-4-8-20-13/h4,6,8,12H,3,5,7,9H2,1-2H3. The Morgan fingerprint density at radius 3 is 2.95 bits per heavy atom. The van der Waals surface area contributed by atoms with Crippen LogP contribution in [0.4, 0.5) is 0 Å². The lowest BCUT2D eigenvalue weighted by atomic mass is 10.1. The number of piperidine rings is 1. The van der Waals surface area contributed by atoms with Crippen LogP contribution in [0.25, 0.3) is 0 Å². The number of likely N-dealkylation sites (tertiary alicyclic amines) is 1. The molecule has 6 nitrogen and oxygen atoms in total. The molecule has 1 fully saturated rings. The molecule has 3 heterocycles. The second kappa shape index (κ2) is 5.11. The molecule has 2 aromatic rings. The van der Waals surface area contributed by atoms with Gasteiger partial charge in [0, 0.05) is 13.1 Å². The third-order valence-electron chi connectivity index (χ3n) is 3.67. The number of furan rings is 1. The Morgan fingerprint density at radius 2 is 2.30 bits per heavy atom. The van der Waals surface area contributed by atoms with E-state index in [1.54, 1.807) is 12.1 Å². The van der Waals surface area contributed by atoms with Gasteiger partial charge in [0.25, 0.3) is 5.91 Å². The largest absolute Gasteiger partial charge is 0.459 e. The number of aromatic nitrogens is 3. The molecule has 1 saturated heterocycles. The first-order chi connectivity index (χ1) is 9.65. The summed E-state index contributed by atoms with van der Waals surface area (Å²) < 4.78 is 7.13. The summed E-state index contributed by atoms with van der Waals surface area (Å²) in [4.78, 5) is 18.5. The van der Waals surface area contributed by atoms with Gasteiger partial charge in [-0.15, -0.1) is 0 Å². The van der Waals surface area contributed by atoms with E-state index in [1.165, 1.54) is 6.26 Å². The summed E-state index contributed by atoms with van der Waals surface area (Å²) in [5.41, 5.74) is 0. The molecule has 1 aliphatic heterocycles. The Morgan fingerprint density at radius 1 is 1.45 bits per heavy atom. The van der Waals surface area contributed by atoms with Crippen molar-refractivity contribution in [2.45, 2.75) is 32.7 Å². The van der Waals surface area contributed by atoms with Gasteiger partial charge in [0.15, 0.2) is 5.76 Å². The summed E-state index contributed by atoms with van der Waals surface area (Å²) in [5.74, 6) is 2.03. The van der Waals surface area contributed by atoms with Crippen LogP contribution in [0.2, 0.25) is 0 Å².